The van der Waals surface area contributed by atoms with E-state index < -0.39 is 0 Å². The number of nitrogens with zero attached hydrogens (tertiary/aromatic N) is 3. The second-order valence-corrected chi connectivity index (χ2v) is 5.17. The van der Waals surface area contributed by atoms with Gasteiger partial charge in [0.05, 0.1) is 21.9 Å². The summed E-state index contributed by atoms with van der Waals surface area (Å²) in [7, 11) is 1.80. The zero-order valence-electron chi connectivity index (χ0n) is 11.6. The zero-order valence-corrected chi connectivity index (χ0v) is 12.3. The maximum Gasteiger partial charge on any atom is 0.274 e. The number of hydrogen-bond acceptors (Lipinski definition) is 3. The van der Waals surface area contributed by atoms with E-state index >= 15 is 0 Å². The number of carbonyl (C=O) groups excluding carboxylic acids is 1. The van der Waals surface area contributed by atoms with Crippen molar-refractivity contribution in [2.75, 3.05) is 5.32 Å². The minimum Gasteiger partial charge on any atom is -0.318 e. The minimum absolute atomic E-state index is 0.280. The monoisotopic (exact) mass is 300 g/mol. The van der Waals surface area contributed by atoms with Gasteiger partial charge in [0, 0.05) is 18.6 Å². The average Bonchev–Trinajstić information content (AvgIpc) is 2.77. The number of halogens is 1. The first kappa shape index (κ1) is 13.6. The first-order chi connectivity index (χ1) is 10.0. The molecule has 3 rings (SSSR count). The summed E-state index contributed by atoms with van der Waals surface area (Å²) in [5, 5.41) is 8.31. The molecule has 5 nitrogen and oxygen atoms in total. The maximum atomic E-state index is 12.3. The van der Waals surface area contributed by atoms with Gasteiger partial charge in [0.15, 0.2) is 0 Å². The van der Waals surface area contributed by atoms with E-state index in [2.05, 4.69) is 15.4 Å². The molecule has 0 bridgehead atoms. The fourth-order valence-corrected chi connectivity index (χ4v) is 2.42. The predicted octanol–water partition coefficient (Wildman–Crippen LogP) is 3.18. The van der Waals surface area contributed by atoms with Crippen LogP contribution in [-0.2, 0) is 7.05 Å². The number of nitrogens with one attached hydrogen (secondary N) is 1. The molecule has 0 saturated heterocycles. The first-order valence-corrected chi connectivity index (χ1v) is 6.79. The molecule has 0 atom stereocenters. The highest BCUT2D eigenvalue weighted by Crippen LogP contribution is 2.23. The molecule has 3 aromatic rings. The summed E-state index contributed by atoms with van der Waals surface area (Å²) in [6.07, 6.45) is 1.75. The number of benzene rings is 1. The van der Waals surface area contributed by atoms with Crippen molar-refractivity contribution in [2.24, 2.45) is 7.05 Å². The molecular formula is C15H13ClN4O. The van der Waals surface area contributed by atoms with Crippen LogP contribution in [0, 0.1) is 6.92 Å². The quantitative estimate of drug-likeness (QED) is 0.790. The standard InChI is InChI=1S/C15H13ClN4O/c1-9-14(8-20(2)19-9)18-15(21)13-7-11(16)10-5-3-4-6-12(10)17-13/h3-8H,1-2H3,(H,18,21). The molecule has 1 amide bonds. The number of aromatic nitrogens is 3. The van der Waals surface area contributed by atoms with Crippen molar-refractivity contribution in [1.82, 2.24) is 14.8 Å². The van der Waals surface area contributed by atoms with Crippen molar-refractivity contribution in [3.05, 3.63) is 52.9 Å². The van der Waals surface area contributed by atoms with Gasteiger partial charge >= 0.3 is 0 Å². The third-order valence-electron chi connectivity index (χ3n) is 3.16. The molecular weight excluding hydrogens is 288 g/mol. The Kier molecular flexibility index (Phi) is 3.35. The Labute approximate surface area is 126 Å². The molecule has 0 radical (unpaired) electrons. The van der Waals surface area contributed by atoms with Crippen molar-refractivity contribution in [3.8, 4) is 0 Å². The van der Waals surface area contributed by atoms with Crippen molar-refractivity contribution in [1.29, 1.82) is 0 Å². The lowest BCUT2D eigenvalue weighted by Crippen LogP contribution is -2.14. The molecule has 0 aliphatic heterocycles. The third-order valence-corrected chi connectivity index (χ3v) is 3.47. The molecule has 0 saturated carbocycles. The van der Waals surface area contributed by atoms with Crippen molar-refractivity contribution >= 4 is 34.1 Å². The fraction of sp³-hybridized carbons (Fsp3) is 0.133. The lowest BCUT2D eigenvalue weighted by molar-refractivity contribution is 0.102. The molecule has 2 aromatic heterocycles. The van der Waals surface area contributed by atoms with Crippen LogP contribution in [0.4, 0.5) is 5.69 Å². The van der Waals surface area contributed by atoms with Crippen molar-refractivity contribution in [2.45, 2.75) is 6.92 Å². The number of fused-ring (bicyclic) bond motifs is 1. The molecule has 2 heterocycles. The molecule has 1 aromatic carbocycles. The Morgan fingerprint density at radius 3 is 2.81 bits per heavy atom. The highest BCUT2D eigenvalue weighted by Gasteiger charge is 2.13. The van der Waals surface area contributed by atoms with Crippen LogP contribution in [0.1, 0.15) is 16.2 Å². The van der Waals surface area contributed by atoms with Crippen LogP contribution in [0.15, 0.2) is 36.5 Å². The van der Waals surface area contributed by atoms with E-state index in [1.807, 2.05) is 31.2 Å². The summed E-state index contributed by atoms with van der Waals surface area (Å²) >= 11 is 6.21. The second kappa shape index (κ2) is 5.18. The molecule has 106 valence electrons. The Morgan fingerprint density at radius 1 is 1.33 bits per heavy atom. The van der Waals surface area contributed by atoms with Gasteiger partial charge in [0.25, 0.3) is 5.91 Å². The first-order valence-electron chi connectivity index (χ1n) is 6.41. The van der Waals surface area contributed by atoms with Gasteiger partial charge in [-0.15, -0.1) is 0 Å². The van der Waals surface area contributed by atoms with E-state index in [0.717, 1.165) is 11.1 Å². The van der Waals surface area contributed by atoms with Crippen LogP contribution in [0.2, 0.25) is 5.02 Å². The van der Waals surface area contributed by atoms with Crippen LogP contribution < -0.4 is 5.32 Å². The van der Waals surface area contributed by atoms with Gasteiger partial charge in [0.2, 0.25) is 0 Å². The number of pyridine rings is 1. The fourth-order valence-electron chi connectivity index (χ4n) is 2.16. The molecule has 1 N–H and O–H groups in total. The smallest absolute Gasteiger partial charge is 0.274 e. The van der Waals surface area contributed by atoms with Crippen LogP contribution >= 0.6 is 11.6 Å². The lowest BCUT2D eigenvalue weighted by Gasteiger charge is -2.06. The Hall–Kier alpha value is -2.40. The van der Waals surface area contributed by atoms with E-state index in [4.69, 9.17) is 11.6 Å². The van der Waals surface area contributed by atoms with E-state index in [1.54, 1.807) is 24.0 Å². The van der Waals surface area contributed by atoms with E-state index in [9.17, 15) is 4.79 Å². The summed E-state index contributed by atoms with van der Waals surface area (Å²) in [5.41, 5.74) is 2.38. The number of hydrogen-bond donors (Lipinski definition) is 1. The minimum atomic E-state index is -0.307. The Bertz CT molecular complexity index is 841. The van der Waals surface area contributed by atoms with Crippen molar-refractivity contribution < 1.29 is 4.79 Å². The van der Waals surface area contributed by atoms with Crippen LogP contribution in [0.25, 0.3) is 10.9 Å². The Morgan fingerprint density at radius 2 is 2.10 bits per heavy atom. The number of aryl methyl sites for hydroxylation is 2. The summed E-state index contributed by atoms with van der Waals surface area (Å²) in [4.78, 5) is 16.6. The highest BCUT2D eigenvalue weighted by molar-refractivity contribution is 6.35. The molecule has 0 fully saturated rings. The molecule has 21 heavy (non-hydrogen) atoms. The number of para-hydroxylation sites is 1. The molecule has 0 aliphatic carbocycles. The average molecular weight is 301 g/mol. The predicted molar refractivity (Wildman–Crippen MR) is 82.7 cm³/mol. The largest absolute Gasteiger partial charge is 0.318 e. The van der Waals surface area contributed by atoms with Crippen molar-refractivity contribution in [3.63, 3.8) is 0 Å². The zero-order chi connectivity index (χ0) is 15.0. The van der Waals surface area contributed by atoms with Crippen LogP contribution in [-0.4, -0.2) is 20.7 Å². The van der Waals surface area contributed by atoms with Gasteiger partial charge in [-0.3, -0.25) is 9.48 Å². The summed E-state index contributed by atoms with van der Waals surface area (Å²) in [6.45, 7) is 1.83. The van der Waals surface area contributed by atoms with Crippen LogP contribution in [0.5, 0.6) is 0 Å². The van der Waals surface area contributed by atoms with Gasteiger partial charge in [-0.2, -0.15) is 5.10 Å². The summed E-state index contributed by atoms with van der Waals surface area (Å²) < 4.78 is 1.64. The molecule has 0 unspecified atom stereocenters. The number of amides is 1. The number of carbonyl (C=O) groups is 1. The number of anilines is 1. The van der Waals surface area contributed by atoms with E-state index in [1.165, 1.54) is 0 Å². The van der Waals surface area contributed by atoms with Crippen LogP contribution in [0.3, 0.4) is 0 Å². The summed E-state index contributed by atoms with van der Waals surface area (Å²) in [6, 6.07) is 9.02. The van der Waals surface area contributed by atoms with Gasteiger partial charge in [-0.25, -0.2) is 4.98 Å². The second-order valence-electron chi connectivity index (χ2n) is 4.76. The molecule has 0 spiro atoms. The molecule has 6 heteroatoms. The SMILES string of the molecule is Cc1nn(C)cc1NC(=O)c1cc(Cl)c2ccccc2n1. The Balaban J connectivity index is 1.96. The van der Waals surface area contributed by atoms with Gasteiger partial charge in [-0.05, 0) is 19.1 Å². The van der Waals surface area contributed by atoms with Gasteiger partial charge in [0.1, 0.15) is 5.69 Å². The highest BCUT2D eigenvalue weighted by atomic mass is 35.5. The van der Waals surface area contributed by atoms with E-state index in [-0.39, 0.29) is 11.6 Å². The third kappa shape index (κ3) is 2.60. The van der Waals surface area contributed by atoms with E-state index in [0.29, 0.717) is 16.2 Å². The summed E-state index contributed by atoms with van der Waals surface area (Å²) in [5.74, 6) is -0.307. The molecule has 0 aliphatic rings. The van der Waals surface area contributed by atoms with Gasteiger partial charge < -0.3 is 5.32 Å². The normalized spacial score (nSPS) is 10.8. The maximum absolute atomic E-state index is 12.3. The lowest BCUT2D eigenvalue weighted by atomic mass is 10.2. The number of rotatable bonds is 2. The van der Waals surface area contributed by atoms with Gasteiger partial charge in [-0.1, -0.05) is 29.8 Å². The topological polar surface area (TPSA) is 59.8 Å².